The van der Waals surface area contributed by atoms with Crippen LogP contribution in [0.2, 0.25) is 0 Å². The number of rotatable bonds is 7. The number of amides is 2. The minimum atomic E-state index is -5.17. The number of hydrogen-bond donors (Lipinski definition) is 1. The van der Waals surface area contributed by atoms with Gasteiger partial charge in [-0.25, -0.2) is 0 Å². The molecular weight excluding hydrogens is 423 g/mol. The Morgan fingerprint density at radius 1 is 1.09 bits per heavy atom. The summed E-state index contributed by atoms with van der Waals surface area (Å²) in [6.45, 7) is 2.16. The molecule has 0 spiro atoms. The van der Waals surface area contributed by atoms with Gasteiger partial charge in [0, 0.05) is 24.1 Å². The molecule has 0 aliphatic heterocycles. The van der Waals surface area contributed by atoms with Gasteiger partial charge in [-0.3, -0.25) is 19.5 Å². The van der Waals surface area contributed by atoms with Crippen molar-refractivity contribution in [2.24, 2.45) is 0 Å². The van der Waals surface area contributed by atoms with Crippen LogP contribution in [0, 0.1) is 0 Å². The first kappa shape index (κ1) is 23.6. The molecule has 1 aromatic carbocycles. The van der Waals surface area contributed by atoms with E-state index < -0.39 is 24.0 Å². The van der Waals surface area contributed by atoms with Gasteiger partial charge in [-0.05, 0) is 61.7 Å². The van der Waals surface area contributed by atoms with E-state index >= 15 is 0 Å². The monoisotopic (exact) mass is 449 g/mol. The minimum absolute atomic E-state index is 0.0589. The maximum absolute atomic E-state index is 13.6. The number of nitrogens with zero attached hydrogens (tertiary/aromatic N) is 2. The first-order valence-electron chi connectivity index (χ1n) is 10.6. The van der Waals surface area contributed by atoms with Crippen LogP contribution in [0.1, 0.15) is 50.6 Å². The summed E-state index contributed by atoms with van der Waals surface area (Å²) in [5.41, 5.74) is 0.177. The summed E-state index contributed by atoms with van der Waals surface area (Å²) >= 11 is 0. The Kier molecular flexibility index (Phi) is 7.71. The third-order valence-corrected chi connectivity index (χ3v) is 5.37. The lowest BCUT2D eigenvalue weighted by molar-refractivity contribution is -0.171. The van der Waals surface area contributed by atoms with Crippen LogP contribution in [0.4, 0.5) is 18.9 Å². The lowest BCUT2D eigenvalue weighted by atomic mass is 9.94. The maximum Gasteiger partial charge on any atom is 0.471 e. The summed E-state index contributed by atoms with van der Waals surface area (Å²) in [4.78, 5) is 30.3. The summed E-state index contributed by atoms with van der Waals surface area (Å²) < 4.78 is 46.2. The summed E-state index contributed by atoms with van der Waals surface area (Å²) in [5, 5.41) is 2.86. The van der Waals surface area contributed by atoms with E-state index in [9.17, 15) is 22.8 Å². The lowest BCUT2D eigenvalue weighted by Crippen LogP contribution is -2.50. The molecular formula is C23H26F3N3O3. The van der Waals surface area contributed by atoms with E-state index in [4.69, 9.17) is 4.74 Å². The van der Waals surface area contributed by atoms with Crippen molar-refractivity contribution in [1.29, 1.82) is 0 Å². The first-order chi connectivity index (χ1) is 15.3. The molecule has 9 heteroatoms. The van der Waals surface area contributed by atoms with Crippen LogP contribution >= 0.6 is 0 Å². The van der Waals surface area contributed by atoms with Gasteiger partial charge >= 0.3 is 12.1 Å². The number of benzene rings is 1. The molecule has 1 aromatic heterocycles. The number of aromatic nitrogens is 1. The van der Waals surface area contributed by atoms with Crippen LogP contribution in [0.3, 0.4) is 0 Å². The van der Waals surface area contributed by atoms with Gasteiger partial charge in [0.25, 0.3) is 0 Å². The van der Waals surface area contributed by atoms with Gasteiger partial charge in [-0.2, -0.15) is 13.2 Å². The normalized spacial score (nSPS) is 15.6. The van der Waals surface area contributed by atoms with Crippen molar-refractivity contribution in [1.82, 2.24) is 10.3 Å². The molecule has 1 saturated carbocycles. The zero-order valence-corrected chi connectivity index (χ0v) is 17.8. The number of nitrogens with one attached hydrogen (secondary N) is 1. The van der Waals surface area contributed by atoms with Gasteiger partial charge in [0.15, 0.2) is 0 Å². The second-order valence-corrected chi connectivity index (χ2v) is 7.63. The highest BCUT2D eigenvalue weighted by molar-refractivity contribution is 6.03. The largest absolute Gasteiger partial charge is 0.494 e. The molecule has 1 aliphatic carbocycles. The molecule has 0 unspecified atom stereocenters. The Labute approximate surface area is 184 Å². The Morgan fingerprint density at radius 3 is 2.28 bits per heavy atom. The summed E-state index contributed by atoms with van der Waals surface area (Å²) in [7, 11) is 0. The quantitative estimate of drug-likeness (QED) is 0.673. The molecule has 172 valence electrons. The van der Waals surface area contributed by atoms with Gasteiger partial charge in [-0.1, -0.05) is 19.3 Å². The predicted octanol–water partition coefficient (Wildman–Crippen LogP) is 4.57. The molecule has 32 heavy (non-hydrogen) atoms. The Hall–Kier alpha value is -3.10. The van der Waals surface area contributed by atoms with Gasteiger partial charge in [-0.15, -0.1) is 0 Å². The molecule has 1 atom stereocenters. The molecule has 3 rings (SSSR count). The van der Waals surface area contributed by atoms with Crippen molar-refractivity contribution >= 4 is 17.5 Å². The van der Waals surface area contributed by atoms with Crippen LogP contribution in [-0.4, -0.2) is 35.6 Å². The van der Waals surface area contributed by atoms with Crippen LogP contribution in [-0.2, 0) is 9.59 Å². The predicted molar refractivity (Wildman–Crippen MR) is 113 cm³/mol. The molecule has 1 heterocycles. The molecule has 0 radical (unpaired) electrons. The maximum atomic E-state index is 13.6. The van der Waals surface area contributed by atoms with Crippen LogP contribution in [0.5, 0.6) is 5.75 Å². The Bertz CT molecular complexity index is 898. The number of alkyl halides is 3. The number of ether oxygens (including phenoxy) is 1. The Morgan fingerprint density at radius 2 is 1.72 bits per heavy atom. The second-order valence-electron chi connectivity index (χ2n) is 7.63. The number of anilines is 1. The highest BCUT2D eigenvalue weighted by Gasteiger charge is 2.47. The molecule has 1 N–H and O–H groups in total. The van der Waals surface area contributed by atoms with Gasteiger partial charge in [0.05, 0.1) is 6.61 Å². The minimum Gasteiger partial charge on any atom is -0.494 e. The molecule has 2 aromatic rings. The standard InChI is InChI=1S/C23H26F3N3O3/c1-2-32-19-10-8-18(9-11-19)29(22(31)23(24,25)26)20(16-12-14-27-15-13-16)21(30)28-17-6-4-3-5-7-17/h8-15,17,20H,2-7H2,1H3,(H,28,30)/t20-/m1/s1. The molecule has 0 saturated heterocycles. The topological polar surface area (TPSA) is 71.5 Å². The molecule has 6 nitrogen and oxygen atoms in total. The van der Waals surface area contributed by atoms with Crippen LogP contribution < -0.4 is 15.0 Å². The van der Waals surface area contributed by atoms with Crippen LogP contribution in [0.15, 0.2) is 48.8 Å². The SMILES string of the molecule is CCOc1ccc(N(C(=O)C(F)(F)F)[C@@H](C(=O)NC2CCCCC2)c2ccncc2)cc1. The van der Waals surface area contributed by atoms with Gasteiger partial charge in [0.1, 0.15) is 11.8 Å². The fraction of sp³-hybridized carbons (Fsp3) is 0.435. The first-order valence-corrected chi connectivity index (χ1v) is 10.6. The molecule has 2 amide bonds. The summed E-state index contributed by atoms with van der Waals surface area (Å²) in [6.07, 6.45) is 2.04. The zero-order chi connectivity index (χ0) is 23.1. The van der Waals surface area contributed by atoms with Crippen LogP contribution in [0.25, 0.3) is 0 Å². The van der Waals surface area contributed by atoms with E-state index in [0.717, 1.165) is 32.1 Å². The fourth-order valence-corrected chi connectivity index (χ4v) is 3.88. The molecule has 0 bridgehead atoms. The van der Waals surface area contributed by atoms with E-state index in [0.29, 0.717) is 17.3 Å². The lowest BCUT2D eigenvalue weighted by Gasteiger charge is -2.33. The van der Waals surface area contributed by atoms with Crippen molar-refractivity contribution in [2.45, 2.75) is 57.3 Å². The van der Waals surface area contributed by atoms with Crippen molar-refractivity contribution in [3.05, 3.63) is 54.4 Å². The average molecular weight is 449 g/mol. The van der Waals surface area contributed by atoms with E-state index in [2.05, 4.69) is 10.3 Å². The fourth-order valence-electron chi connectivity index (χ4n) is 3.88. The van der Waals surface area contributed by atoms with Gasteiger partial charge in [0.2, 0.25) is 5.91 Å². The number of halogens is 3. The Balaban J connectivity index is 2.03. The second kappa shape index (κ2) is 10.5. The number of carbonyl (C=O) groups excluding carboxylic acids is 2. The van der Waals surface area contributed by atoms with E-state index in [1.54, 1.807) is 6.92 Å². The number of hydrogen-bond acceptors (Lipinski definition) is 4. The highest BCUT2D eigenvalue weighted by atomic mass is 19.4. The van der Waals surface area contributed by atoms with Crippen molar-refractivity contribution < 1.29 is 27.5 Å². The summed E-state index contributed by atoms with van der Waals surface area (Å²) in [6, 6.07) is 6.87. The van der Waals surface area contributed by atoms with Crippen molar-refractivity contribution in [3.63, 3.8) is 0 Å². The number of carbonyl (C=O) groups is 2. The average Bonchev–Trinajstić information content (AvgIpc) is 2.78. The van der Waals surface area contributed by atoms with Crippen molar-refractivity contribution in [3.8, 4) is 5.75 Å². The zero-order valence-electron chi connectivity index (χ0n) is 17.8. The van der Waals surface area contributed by atoms with Gasteiger partial charge < -0.3 is 10.1 Å². The van der Waals surface area contributed by atoms with E-state index in [1.807, 2.05) is 0 Å². The third-order valence-electron chi connectivity index (χ3n) is 5.37. The van der Waals surface area contributed by atoms with E-state index in [1.165, 1.54) is 48.8 Å². The highest BCUT2D eigenvalue weighted by Crippen LogP contribution is 2.34. The molecule has 1 fully saturated rings. The van der Waals surface area contributed by atoms with E-state index in [-0.39, 0.29) is 17.3 Å². The smallest absolute Gasteiger partial charge is 0.471 e. The molecule has 1 aliphatic rings. The van der Waals surface area contributed by atoms with Crippen molar-refractivity contribution in [2.75, 3.05) is 11.5 Å². The summed E-state index contributed by atoms with van der Waals surface area (Å²) in [5.74, 6) is -2.33. The third kappa shape index (κ3) is 5.77. The number of pyridine rings is 1.